The van der Waals surface area contributed by atoms with Crippen molar-refractivity contribution < 1.29 is 32.2 Å². The van der Waals surface area contributed by atoms with Gasteiger partial charge in [0.25, 0.3) is 5.91 Å². The third-order valence-corrected chi connectivity index (χ3v) is 6.11. The summed E-state index contributed by atoms with van der Waals surface area (Å²) in [6.45, 7) is 5.97. The van der Waals surface area contributed by atoms with E-state index in [0.29, 0.717) is 17.5 Å². The zero-order valence-corrected chi connectivity index (χ0v) is 18.0. The van der Waals surface area contributed by atoms with Gasteiger partial charge in [-0.25, -0.2) is 14.7 Å². The molecule has 170 valence electrons. The number of fused-ring (bicyclic) bond motifs is 1. The maximum absolute atomic E-state index is 13.5. The molecule has 2 aliphatic heterocycles. The van der Waals surface area contributed by atoms with Crippen LogP contribution in [0.5, 0.6) is 11.6 Å². The Labute approximate surface area is 182 Å². The number of aryl methyl sites for hydroxylation is 1. The van der Waals surface area contributed by atoms with Crippen molar-refractivity contribution in [2.75, 3.05) is 4.90 Å². The van der Waals surface area contributed by atoms with Crippen molar-refractivity contribution in [2.24, 2.45) is 0 Å². The molecular formula is C22H22F3N3O4. The Hall–Kier alpha value is -3.14. The molecule has 0 bridgehead atoms. The monoisotopic (exact) mass is 449 g/mol. The number of nitrogens with zero attached hydrogens (tertiary/aromatic N) is 2. The first-order valence-electron chi connectivity index (χ1n) is 10.0. The number of carbonyl (C=O) groups is 2. The molecule has 2 aromatic rings. The molecular weight excluding hydrogens is 427 g/mol. The molecule has 0 unspecified atom stereocenters. The number of alkyl halides is 3. The first-order valence-corrected chi connectivity index (χ1v) is 10.0. The number of halogens is 3. The van der Waals surface area contributed by atoms with Gasteiger partial charge in [-0.3, -0.25) is 4.79 Å². The molecule has 1 aromatic carbocycles. The van der Waals surface area contributed by atoms with Crippen molar-refractivity contribution in [1.82, 2.24) is 10.3 Å². The van der Waals surface area contributed by atoms with Gasteiger partial charge in [0, 0.05) is 11.1 Å². The normalized spacial score (nSPS) is 25.2. The number of carbonyl (C=O) groups excluding carboxylic acids is 2. The van der Waals surface area contributed by atoms with Crippen LogP contribution in [0.25, 0.3) is 0 Å². The Bertz CT molecular complexity index is 1120. The maximum Gasteiger partial charge on any atom is 0.421 e. The van der Waals surface area contributed by atoms with Gasteiger partial charge in [-0.05, 0) is 51.0 Å². The molecule has 3 heterocycles. The maximum atomic E-state index is 13.5. The van der Waals surface area contributed by atoms with E-state index in [1.165, 1.54) is 18.3 Å². The minimum Gasteiger partial charge on any atom is -0.439 e. The molecule has 0 aliphatic carbocycles. The lowest BCUT2D eigenvalue weighted by molar-refractivity contribution is -0.272. The van der Waals surface area contributed by atoms with E-state index in [-0.39, 0.29) is 35.4 Å². The van der Waals surface area contributed by atoms with E-state index in [1.807, 2.05) is 0 Å². The molecule has 0 saturated carbocycles. The third kappa shape index (κ3) is 3.29. The Morgan fingerprint density at radius 2 is 1.97 bits per heavy atom. The number of pyridine rings is 1. The number of nitrogens with one attached hydrogen (secondary N) is 1. The van der Waals surface area contributed by atoms with Crippen LogP contribution < -0.4 is 15.0 Å². The van der Waals surface area contributed by atoms with Crippen LogP contribution in [-0.2, 0) is 21.7 Å². The average Bonchev–Trinajstić information content (AvgIpc) is 3.18. The Morgan fingerprint density at radius 1 is 1.25 bits per heavy atom. The molecule has 2 aliphatic rings. The number of hydrogen-bond acceptors (Lipinski definition) is 5. The first kappa shape index (κ1) is 22.1. The fourth-order valence-corrected chi connectivity index (χ4v) is 3.77. The number of hydrogen-bond donors (Lipinski definition) is 1. The highest BCUT2D eigenvalue weighted by Crippen LogP contribution is 2.48. The summed E-state index contributed by atoms with van der Waals surface area (Å²) in [6.07, 6.45) is -2.83. The smallest absolute Gasteiger partial charge is 0.421 e. The minimum absolute atomic E-state index is 0.00467. The van der Waals surface area contributed by atoms with Gasteiger partial charge in [-0.15, -0.1) is 0 Å². The van der Waals surface area contributed by atoms with Crippen LogP contribution in [0.3, 0.4) is 0 Å². The summed E-state index contributed by atoms with van der Waals surface area (Å²) in [5.41, 5.74) is -2.18. The lowest BCUT2D eigenvalue weighted by atomic mass is 9.93. The first-order chi connectivity index (χ1) is 14.9. The zero-order chi connectivity index (χ0) is 23.5. The van der Waals surface area contributed by atoms with E-state index in [0.717, 1.165) is 11.8 Å². The Balaban J connectivity index is 1.61. The van der Waals surface area contributed by atoms with Crippen LogP contribution >= 0.6 is 0 Å². The van der Waals surface area contributed by atoms with Gasteiger partial charge < -0.3 is 14.8 Å². The molecule has 1 aromatic heterocycles. The van der Waals surface area contributed by atoms with Crippen molar-refractivity contribution in [3.05, 3.63) is 47.2 Å². The van der Waals surface area contributed by atoms with Gasteiger partial charge in [0.1, 0.15) is 11.3 Å². The largest absolute Gasteiger partial charge is 0.439 e. The fourth-order valence-electron chi connectivity index (χ4n) is 3.77. The topological polar surface area (TPSA) is 80.8 Å². The van der Waals surface area contributed by atoms with E-state index in [4.69, 9.17) is 9.47 Å². The van der Waals surface area contributed by atoms with Crippen molar-refractivity contribution >= 4 is 17.6 Å². The molecule has 7 nitrogen and oxygen atoms in total. The molecule has 32 heavy (non-hydrogen) atoms. The van der Waals surface area contributed by atoms with Crippen LogP contribution in [0.15, 0.2) is 30.5 Å². The van der Waals surface area contributed by atoms with Crippen LogP contribution in [0.1, 0.15) is 43.9 Å². The molecule has 1 N–H and O–H groups in total. The highest BCUT2D eigenvalue weighted by molar-refractivity contribution is 6.23. The average molecular weight is 449 g/mol. The molecule has 2 atom stereocenters. The number of urea groups is 1. The van der Waals surface area contributed by atoms with E-state index in [2.05, 4.69) is 10.3 Å². The van der Waals surface area contributed by atoms with Gasteiger partial charge in [-0.1, -0.05) is 13.0 Å². The second kappa shape index (κ2) is 7.19. The number of rotatable bonds is 4. The summed E-state index contributed by atoms with van der Waals surface area (Å²) in [6, 6.07) is 5.40. The van der Waals surface area contributed by atoms with E-state index in [1.54, 1.807) is 32.9 Å². The quantitative estimate of drug-likeness (QED) is 0.684. The van der Waals surface area contributed by atoms with Crippen LogP contribution in [0.4, 0.5) is 23.7 Å². The van der Waals surface area contributed by atoms with E-state index in [9.17, 15) is 22.8 Å². The minimum atomic E-state index is -4.58. The van der Waals surface area contributed by atoms with Gasteiger partial charge >= 0.3 is 12.2 Å². The second-order valence-electron chi connectivity index (χ2n) is 8.31. The number of aromatic nitrogens is 1. The van der Waals surface area contributed by atoms with Gasteiger partial charge in [0.05, 0.1) is 18.5 Å². The summed E-state index contributed by atoms with van der Waals surface area (Å²) in [5.74, 6) is -0.0711. The number of benzene rings is 1. The molecule has 0 radical (unpaired) electrons. The number of imide groups is 1. The summed E-state index contributed by atoms with van der Waals surface area (Å²) >= 11 is 0. The Kier molecular flexibility index (Phi) is 4.96. The van der Waals surface area contributed by atoms with Crippen molar-refractivity contribution in [2.45, 2.75) is 58.0 Å². The summed E-state index contributed by atoms with van der Waals surface area (Å²) < 4.78 is 51.4. The van der Waals surface area contributed by atoms with Gasteiger partial charge in [-0.2, -0.15) is 13.2 Å². The van der Waals surface area contributed by atoms with Crippen LogP contribution in [0.2, 0.25) is 0 Å². The molecule has 1 saturated heterocycles. The summed E-state index contributed by atoms with van der Waals surface area (Å²) in [4.78, 5) is 30.2. The molecule has 3 amide bonds. The number of anilines is 1. The molecule has 1 fully saturated rings. The summed E-state index contributed by atoms with van der Waals surface area (Å²) in [7, 11) is 0. The SMILES string of the molecule is CC[C@@]1(C)NC(=O)N(c2cnc(Oc3ccc4c(c3)[C@@](C)(C(F)(F)F)OC4)c(C)c2)C1=O. The summed E-state index contributed by atoms with van der Waals surface area (Å²) in [5, 5.41) is 2.67. The van der Waals surface area contributed by atoms with Crippen LogP contribution in [-0.4, -0.2) is 28.6 Å². The molecule has 10 heteroatoms. The number of amides is 3. The lowest BCUT2D eigenvalue weighted by Crippen LogP contribution is -2.43. The molecule has 0 spiro atoms. The second-order valence-corrected chi connectivity index (χ2v) is 8.31. The highest BCUT2D eigenvalue weighted by atomic mass is 19.4. The van der Waals surface area contributed by atoms with Crippen molar-refractivity contribution in [3.8, 4) is 11.6 Å². The predicted octanol–water partition coefficient (Wildman–Crippen LogP) is 4.71. The van der Waals surface area contributed by atoms with Gasteiger partial charge in [0.15, 0.2) is 5.60 Å². The van der Waals surface area contributed by atoms with Gasteiger partial charge in [0.2, 0.25) is 5.88 Å². The van der Waals surface area contributed by atoms with Crippen molar-refractivity contribution in [3.63, 3.8) is 0 Å². The van der Waals surface area contributed by atoms with Crippen LogP contribution in [0, 0.1) is 6.92 Å². The highest BCUT2D eigenvalue weighted by Gasteiger charge is 2.57. The standard InChI is InChI=1S/C22H22F3N3O4/c1-5-20(3)18(29)28(19(30)27-20)14-8-12(2)17(26-10-14)32-15-7-6-13-11-31-21(4,16(13)9-15)22(23,24)25/h6-10H,5,11H2,1-4H3,(H,27,30)/t20-,21+/m1/s1. The zero-order valence-electron chi connectivity index (χ0n) is 18.0. The third-order valence-electron chi connectivity index (χ3n) is 6.11. The predicted molar refractivity (Wildman–Crippen MR) is 108 cm³/mol. The Morgan fingerprint density at radius 3 is 2.56 bits per heavy atom. The number of ether oxygens (including phenoxy) is 2. The van der Waals surface area contributed by atoms with Crippen molar-refractivity contribution in [1.29, 1.82) is 0 Å². The molecule has 4 rings (SSSR count). The lowest BCUT2D eigenvalue weighted by Gasteiger charge is -2.27. The fraction of sp³-hybridized carbons (Fsp3) is 0.409. The van der Waals surface area contributed by atoms with E-state index >= 15 is 0 Å². The van der Waals surface area contributed by atoms with E-state index < -0.39 is 23.3 Å².